The second-order valence-electron chi connectivity index (χ2n) is 6.66. The highest BCUT2D eigenvalue weighted by molar-refractivity contribution is 5.87. The fourth-order valence-electron chi connectivity index (χ4n) is 3.79. The lowest BCUT2D eigenvalue weighted by atomic mass is 9.83. The number of fused-ring (bicyclic) bond motifs is 4. The molecule has 0 bridgehead atoms. The fraction of sp³-hybridized carbons (Fsp3) is 0.0435. The second-order valence-corrected chi connectivity index (χ2v) is 6.66. The Bertz CT molecular complexity index is 1390. The van der Waals surface area contributed by atoms with Gasteiger partial charge in [0, 0.05) is 0 Å². The highest BCUT2D eigenvalue weighted by Crippen LogP contribution is 2.43. The summed E-state index contributed by atoms with van der Waals surface area (Å²) in [6.07, 6.45) is 0. The molecule has 0 radical (unpaired) electrons. The van der Waals surface area contributed by atoms with E-state index in [-0.39, 0.29) is 11.5 Å². The van der Waals surface area contributed by atoms with Crippen molar-refractivity contribution in [2.75, 3.05) is 0 Å². The minimum absolute atomic E-state index is 0.00362. The molecular formula is C23H14N2O3. The van der Waals surface area contributed by atoms with Gasteiger partial charge in [0.2, 0.25) is 5.88 Å². The Hall–Kier alpha value is -4.04. The van der Waals surface area contributed by atoms with E-state index in [2.05, 4.69) is 6.07 Å². The third kappa shape index (κ3) is 2.29. The van der Waals surface area contributed by atoms with Crippen molar-refractivity contribution in [1.29, 1.82) is 5.26 Å². The molecule has 1 atom stereocenters. The summed E-state index contributed by atoms with van der Waals surface area (Å²) in [7, 11) is 0. The van der Waals surface area contributed by atoms with Crippen LogP contribution < -0.4 is 16.1 Å². The zero-order valence-electron chi connectivity index (χ0n) is 14.7. The Morgan fingerprint density at radius 2 is 1.71 bits per heavy atom. The summed E-state index contributed by atoms with van der Waals surface area (Å²) in [4.78, 5) is 12.9. The number of nitrogens with zero attached hydrogens (tertiary/aromatic N) is 1. The maximum absolute atomic E-state index is 12.9. The number of para-hydroxylation sites is 1. The molecule has 5 heteroatoms. The van der Waals surface area contributed by atoms with Crippen LogP contribution in [0.15, 0.2) is 87.4 Å². The molecule has 5 rings (SSSR count). The number of hydrogen-bond acceptors (Lipinski definition) is 5. The number of ether oxygens (including phenoxy) is 1. The summed E-state index contributed by atoms with van der Waals surface area (Å²) in [5.74, 6) is -0.301. The zero-order chi connectivity index (χ0) is 19.3. The maximum atomic E-state index is 12.9. The maximum Gasteiger partial charge on any atom is 0.344 e. The lowest BCUT2D eigenvalue weighted by molar-refractivity contribution is 0.388. The van der Waals surface area contributed by atoms with E-state index in [1.54, 1.807) is 18.2 Å². The van der Waals surface area contributed by atoms with Gasteiger partial charge in [-0.25, -0.2) is 4.79 Å². The van der Waals surface area contributed by atoms with Crippen LogP contribution in [0.2, 0.25) is 0 Å². The number of nitriles is 1. The Morgan fingerprint density at radius 1 is 0.964 bits per heavy atom. The topological polar surface area (TPSA) is 89.3 Å². The van der Waals surface area contributed by atoms with E-state index in [9.17, 15) is 10.1 Å². The van der Waals surface area contributed by atoms with Gasteiger partial charge in [-0.15, -0.1) is 0 Å². The molecular weight excluding hydrogens is 352 g/mol. The van der Waals surface area contributed by atoms with E-state index >= 15 is 0 Å². The summed E-state index contributed by atoms with van der Waals surface area (Å²) in [5.41, 5.74) is 7.24. The van der Waals surface area contributed by atoms with Crippen LogP contribution in [0.4, 0.5) is 0 Å². The third-order valence-corrected chi connectivity index (χ3v) is 5.08. The molecule has 1 aromatic heterocycles. The van der Waals surface area contributed by atoms with Crippen LogP contribution in [0, 0.1) is 11.3 Å². The van der Waals surface area contributed by atoms with E-state index < -0.39 is 11.5 Å². The predicted molar refractivity (Wildman–Crippen MR) is 106 cm³/mol. The van der Waals surface area contributed by atoms with E-state index in [1.807, 2.05) is 48.5 Å². The Labute approximate surface area is 159 Å². The summed E-state index contributed by atoms with van der Waals surface area (Å²) in [5, 5.41) is 12.5. The van der Waals surface area contributed by atoms with Gasteiger partial charge in [0.1, 0.15) is 17.2 Å². The molecule has 0 amide bonds. The SMILES string of the molecule is N#CC1=C(N)Oc2c(c(=O)oc3ccccc23)[C@@H]1c1ccc2ccccc2c1. The lowest BCUT2D eigenvalue weighted by Crippen LogP contribution is -2.26. The summed E-state index contributed by atoms with van der Waals surface area (Å²) < 4.78 is 11.3. The smallest absolute Gasteiger partial charge is 0.344 e. The van der Waals surface area contributed by atoms with Crippen LogP contribution in [-0.4, -0.2) is 0 Å². The molecule has 0 aliphatic carbocycles. The number of allylic oxidation sites excluding steroid dienone is 1. The van der Waals surface area contributed by atoms with Gasteiger partial charge in [-0.2, -0.15) is 5.26 Å². The Morgan fingerprint density at radius 3 is 2.54 bits per heavy atom. The molecule has 1 aliphatic rings. The van der Waals surface area contributed by atoms with E-state index in [4.69, 9.17) is 14.9 Å². The van der Waals surface area contributed by atoms with Crippen molar-refractivity contribution in [3.8, 4) is 11.8 Å². The molecule has 0 spiro atoms. The van der Waals surface area contributed by atoms with E-state index in [0.29, 0.717) is 22.3 Å². The van der Waals surface area contributed by atoms with Gasteiger partial charge >= 0.3 is 5.63 Å². The van der Waals surface area contributed by atoms with Crippen LogP contribution >= 0.6 is 0 Å². The zero-order valence-corrected chi connectivity index (χ0v) is 14.7. The predicted octanol–water partition coefficient (Wildman–Crippen LogP) is 4.16. The van der Waals surface area contributed by atoms with Gasteiger partial charge in [0.15, 0.2) is 5.75 Å². The van der Waals surface area contributed by atoms with Crippen LogP contribution in [0.25, 0.3) is 21.7 Å². The molecule has 3 aromatic carbocycles. The first-order valence-corrected chi connectivity index (χ1v) is 8.79. The molecule has 4 aromatic rings. The van der Waals surface area contributed by atoms with Gasteiger partial charge < -0.3 is 14.9 Å². The van der Waals surface area contributed by atoms with Gasteiger partial charge in [0.05, 0.1) is 16.9 Å². The van der Waals surface area contributed by atoms with Crippen LogP contribution in [0.1, 0.15) is 17.0 Å². The normalized spacial score (nSPS) is 15.9. The van der Waals surface area contributed by atoms with Crippen molar-refractivity contribution in [3.05, 3.63) is 99.7 Å². The summed E-state index contributed by atoms with van der Waals surface area (Å²) >= 11 is 0. The van der Waals surface area contributed by atoms with Crippen LogP contribution in [-0.2, 0) is 0 Å². The molecule has 28 heavy (non-hydrogen) atoms. The molecule has 2 N–H and O–H groups in total. The van der Waals surface area contributed by atoms with Crippen molar-refractivity contribution < 1.29 is 9.15 Å². The van der Waals surface area contributed by atoms with Crippen molar-refractivity contribution in [2.24, 2.45) is 5.73 Å². The largest absolute Gasteiger partial charge is 0.439 e. The number of rotatable bonds is 1. The molecule has 2 heterocycles. The third-order valence-electron chi connectivity index (χ3n) is 5.08. The van der Waals surface area contributed by atoms with Crippen molar-refractivity contribution >= 4 is 21.7 Å². The highest BCUT2D eigenvalue weighted by atomic mass is 16.5. The Balaban J connectivity index is 1.85. The van der Waals surface area contributed by atoms with E-state index in [0.717, 1.165) is 16.3 Å². The standard InChI is InChI=1S/C23H14N2O3/c24-12-17-19(15-10-9-13-5-1-2-6-14(13)11-15)20-21(28-22(17)25)16-7-3-4-8-18(16)27-23(20)26/h1-11,19H,25H2/t19-/m1/s1. The van der Waals surface area contributed by atoms with Gasteiger partial charge in [0.25, 0.3) is 0 Å². The van der Waals surface area contributed by atoms with E-state index in [1.165, 1.54) is 0 Å². The van der Waals surface area contributed by atoms with Gasteiger partial charge in [-0.1, -0.05) is 54.6 Å². The van der Waals surface area contributed by atoms with Crippen molar-refractivity contribution in [2.45, 2.75) is 5.92 Å². The van der Waals surface area contributed by atoms with Crippen molar-refractivity contribution in [3.63, 3.8) is 0 Å². The highest BCUT2D eigenvalue weighted by Gasteiger charge is 2.35. The van der Waals surface area contributed by atoms with Gasteiger partial charge in [-0.05, 0) is 28.5 Å². The molecule has 0 fully saturated rings. The monoisotopic (exact) mass is 366 g/mol. The molecule has 0 saturated heterocycles. The fourth-order valence-corrected chi connectivity index (χ4v) is 3.79. The molecule has 1 aliphatic heterocycles. The first kappa shape index (κ1) is 16.2. The number of benzene rings is 3. The number of nitrogens with two attached hydrogens (primary N) is 1. The summed E-state index contributed by atoms with van der Waals surface area (Å²) in [6, 6.07) is 23.0. The first-order chi connectivity index (χ1) is 13.7. The van der Waals surface area contributed by atoms with Gasteiger partial charge in [-0.3, -0.25) is 0 Å². The average molecular weight is 366 g/mol. The summed E-state index contributed by atoms with van der Waals surface area (Å²) in [6.45, 7) is 0. The molecule has 5 nitrogen and oxygen atoms in total. The quantitative estimate of drug-likeness (QED) is 0.511. The Kier molecular flexibility index (Phi) is 3.46. The first-order valence-electron chi connectivity index (χ1n) is 8.79. The minimum atomic E-state index is -0.654. The number of hydrogen-bond donors (Lipinski definition) is 1. The van der Waals surface area contributed by atoms with Crippen LogP contribution in [0.5, 0.6) is 5.75 Å². The second kappa shape index (κ2) is 6.00. The van der Waals surface area contributed by atoms with Crippen LogP contribution in [0.3, 0.4) is 0 Å². The lowest BCUT2D eigenvalue weighted by Gasteiger charge is -2.26. The van der Waals surface area contributed by atoms with Crippen molar-refractivity contribution in [1.82, 2.24) is 0 Å². The molecule has 134 valence electrons. The average Bonchev–Trinajstić information content (AvgIpc) is 2.72. The minimum Gasteiger partial charge on any atom is -0.439 e. The molecule has 0 unspecified atom stereocenters. The molecule has 0 saturated carbocycles.